The lowest BCUT2D eigenvalue weighted by molar-refractivity contribution is 0.110. The summed E-state index contributed by atoms with van der Waals surface area (Å²) in [5.41, 5.74) is 1.03. The van der Waals surface area contributed by atoms with Crippen molar-refractivity contribution in [3.8, 4) is 0 Å². The first-order valence-electron chi connectivity index (χ1n) is 5.38. The number of hydrogen-bond donors (Lipinski definition) is 1. The number of ether oxygens (including phenoxy) is 1. The summed E-state index contributed by atoms with van der Waals surface area (Å²) in [6.07, 6.45) is 4.55. The molecule has 2 rings (SSSR count). The van der Waals surface area contributed by atoms with Crippen LogP contribution in [0.5, 0.6) is 0 Å². The molecular formula is C11H14Br2N2O. The number of rotatable bonds is 4. The van der Waals surface area contributed by atoms with E-state index in [0.29, 0.717) is 6.10 Å². The van der Waals surface area contributed by atoms with Crippen molar-refractivity contribution in [1.82, 2.24) is 10.3 Å². The van der Waals surface area contributed by atoms with Crippen LogP contribution in [0.3, 0.4) is 0 Å². The van der Waals surface area contributed by atoms with Crippen LogP contribution in [-0.4, -0.2) is 24.2 Å². The number of pyridine rings is 1. The standard InChI is InChI=1S/C11H14Br2N2O/c12-8-4-10(13)11(15-5-8)7-14-6-9-2-1-3-16-9/h4-5,9,14H,1-3,6-7H2. The second-order valence-corrected chi connectivity index (χ2v) is 5.62. The molecule has 16 heavy (non-hydrogen) atoms. The number of hydrogen-bond acceptors (Lipinski definition) is 3. The quantitative estimate of drug-likeness (QED) is 0.907. The summed E-state index contributed by atoms with van der Waals surface area (Å²) in [4.78, 5) is 4.34. The van der Waals surface area contributed by atoms with Gasteiger partial charge >= 0.3 is 0 Å². The highest BCUT2D eigenvalue weighted by Gasteiger charge is 2.14. The Bertz CT molecular complexity index is 354. The van der Waals surface area contributed by atoms with Gasteiger partial charge in [-0.3, -0.25) is 4.98 Å². The van der Waals surface area contributed by atoms with Crippen LogP contribution in [0.2, 0.25) is 0 Å². The molecule has 1 atom stereocenters. The molecule has 0 bridgehead atoms. The van der Waals surface area contributed by atoms with Crippen LogP contribution in [0.15, 0.2) is 21.2 Å². The van der Waals surface area contributed by atoms with Crippen molar-refractivity contribution in [3.63, 3.8) is 0 Å². The molecule has 0 amide bonds. The monoisotopic (exact) mass is 348 g/mol. The molecule has 88 valence electrons. The molecule has 3 nitrogen and oxygen atoms in total. The number of nitrogens with one attached hydrogen (secondary N) is 1. The lowest BCUT2D eigenvalue weighted by Gasteiger charge is -2.11. The van der Waals surface area contributed by atoms with E-state index in [2.05, 4.69) is 42.2 Å². The molecule has 1 aliphatic rings. The normalized spacial score (nSPS) is 20.2. The first-order valence-corrected chi connectivity index (χ1v) is 6.96. The van der Waals surface area contributed by atoms with E-state index >= 15 is 0 Å². The van der Waals surface area contributed by atoms with Crippen molar-refractivity contribution in [2.75, 3.05) is 13.2 Å². The van der Waals surface area contributed by atoms with Crippen LogP contribution >= 0.6 is 31.9 Å². The molecule has 1 aromatic heterocycles. The van der Waals surface area contributed by atoms with E-state index in [1.54, 1.807) is 0 Å². The Morgan fingerprint density at radius 1 is 1.50 bits per heavy atom. The van der Waals surface area contributed by atoms with Gasteiger partial charge in [0.25, 0.3) is 0 Å². The van der Waals surface area contributed by atoms with Crippen LogP contribution in [-0.2, 0) is 11.3 Å². The summed E-state index contributed by atoms with van der Waals surface area (Å²) in [6, 6.07) is 2.01. The van der Waals surface area contributed by atoms with Gasteiger partial charge < -0.3 is 10.1 Å². The van der Waals surface area contributed by atoms with Crippen LogP contribution < -0.4 is 5.32 Å². The Morgan fingerprint density at radius 3 is 3.06 bits per heavy atom. The Labute approximate surface area is 112 Å². The fraction of sp³-hybridized carbons (Fsp3) is 0.545. The van der Waals surface area contributed by atoms with Crippen molar-refractivity contribution in [2.24, 2.45) is 0 Å². The molecule has 1 aromatic rings. The van der Waals surface area contributed by atoms with E-state index in [-0.39, 0.29) is 0 Å². The van der Waals surface area contributed by atoms with Crippen LogP contribution in [0, 0.1) is 0 Å². The highest BCUT2D eigenvalue weighted by molar-refractivity contribution is 9.11. The van der Waals surface area contributed by atoms with E-state index in [4.69, 9.17) is 4.74 Å². The van der Waals surface area contributed by atoms with Gasteiger partial charge in [0.2, 0.25) is 0 Å². The van der Waals surface area contributed by atoms with Gasteiger partial charge in [-0.15, -0.1) is 0 Å². The van der Waals surface area contributed by atoms with Gasteiger partial charge in [0.05, 0.1) is 11.8 Å². The average molecular weight is 350 g/mol. The zero-order chi connectivity index (χ0) is 11.4. The molecule has 0 spiro atoms. The molecule has 5 heteroatoms. The lowest BCUT2D eigenvalue weighted by Crippen LogP contribution is -2.26. The third kappa shape index (κ3) is 3.52. The number of halogens is 2. The minimum Gasteiger partial charge on any atom is -0.377 e. The third-order valence-corrected chi connectivity index (χ3v) is 3.69. The molecule has 1 unspecified atom stereocenters. The first-order chi connectivity index (χ1) is 7.75. The molecule has 0 radical (unpaired) electrons. The summed E-state index contributed by atoms with van der Waals surface area (Å²) in [7, 11) is 0. The Kier molecular flexibility index (Phi) is 4.76. The minimum absolute atomic E-state index is 0.384. The molecular weight excluding hydrogens is 336 g/mol. The summed E-state index contributed by atoms with van der Waals surface area (Å²) >= 11 is 6.88. The van der Waals surface area contributed by atoms with Gasteiger partial charge in [0.15, 0.2) is 0 Å². The summed E-state index contributed by atoms with van der Waals surface area (Å²) in [5.74, 6) is 0. The van der Waals surface area contributed by atoms with Gasteiger partial charge in [-0.1, -0.05) is 0 Å². The van der Waals surface area contributed by atoms with E-state index in [9.17, 15) is 0 Å². The number of nitrogens with zero attached hydrogens (tertiary/aromatic N) is 1. The highest BCUT2D eigenvalue weighted by Crippen LogP contribution is 2.19. The van der Waals surface area contributed by atoms with E-state index in [1.807, 2.05) is 12.3 Å². The molecule has 0 aliphatic carbocycles. The maximum atomic E-state index is 5.54. The fourth-order valence-electron chi connectivity index (χ4n) is 1.73. The predicted octanol–water partition coefficient (Wildman–Crippen LogP) is 2.88. The molecule has 0 aromatic carbocycles. The largest absolute Gasteiger partial charge is 0.377 e. The molecule has 0 saturated carbocycles. The molecule has 1 saturated heterocycles. The average Bonchev–Trinajstić information content (AvgIpc) is 2.74. The fourth-order valence-corrected chi connectivity index (χ4v) is 2.86. The molecule has 1 N–H and O–H groups in total. The van der Waals surface area contributed by atoms with Gasteiger partial charge in [0.1, 0.15) is 0 Å². The second-order valence-electron chi connectivity index (χ2n) is 3.85. The zero-order valence-corrected chi connectivity index (χ0v) is 12.1. The Balaban J connectivity index is 1.80. The van der Waals surface area contributed by atoms with Gasteiger partial charge in [-0.2, -0.15) is 0 Å². The molecule has 2 heterocycles. The van der Waals surface area contributed by atoms with E-state index < -0.39 is 0 Å². The topological polar surface area (TPSA) is 34.2 Å². The number of aromatic nitrogens is 1. The predicted molar refractivity (Wildman–Crippen MR) is 70.3 cm³/mol. The summed E-state index contributed by atoms with van der Waals surface area (Å²) < 4.78 is 7.56. The van der Waals surface area contributed by atoms with Gasteiger partial charge in [-0.25, -0.2) is 0 Å². The maximum absolute atomic E-state index is 5.54. The Morgan fingerprint density at radius 2 is 2.38 bits per heavy atom. The second kappa shape index (κ2) is 6.10. The van der Waals surface area contributed by atoms with Crippen molar-refractivity contribution >= 4 is 31.9 Å². The molecule has 1 aliphatic heterocycles. The van der Waals surface area contributed by atoms with Gasteiger partial charge in [-0.05, 0) is 50.8 Å². The lowest BCUT2D eigenvalue weighted by atomic mass is 10.2. The maximum Gasteiger partial charge on any atom is 0.0700 e. The highest BCUT2D eigenvalue weighted by atomic mass is 79.9. The van der Waals surface area contributed by atoms with E-state index in [1.165, 1.54) is 12.8 Å². The van der Waals surface area contributed by atoms with Crippen LogP contribution in [0.1, 0.15) is 18.5 Å². The van der Waals surface area contributed by atoms with Crippen molar-refractivity contribution in [1.29, 1.82) is 0 Å². The summed E-state index contributed by atoms with van der Waals surface area (Å²) in [5, 5.41) is 3.37. The van der Waals surface area contributed by atoms with Crippen molar-refractivity contribution in [2.45, 2.75) is 25.5 Å². The summed E-state index contributed by atoms with van der Waals surface area (Å²) in [6.45, 7) is 2.59. The SMILES string of the molecule is Brc1cnc(CNCC2CCCO2)c(Br)c1. The molecule has 1 fully saturated rings. The van der Waals surface area contributed by atoms with Crippen LogP contribution in [0.25, 0.3) is 0 Å². The first kappa shape index (κ1) is 12.5. The Hall–Kier alpha value is 0.0300. The third-order valence-electron chi connectivity index (χ3n) is 2.57. The zero-order valence-electron chi connectivity index (χ0n) is 8.88. The van der Waals surface area contributed by atoms with Gasteiger partial charge in [0, 0.05) is 34.8 Å². The van der Waals surface area contributed by atoms with E-state index in [0.717, 1.165) is 34.3 Å². The minimum atomic E-state index is 0.384. The van der Waals surface area contributed by atoms with Crippen molar-refractivity contribution in [3.05, 3.63) is 26.9 Å². The van der Waals surface area contributed by atoms with Crippen LogP contribution in [0.4, 0.5) is 0 Å². The van der Waals surface area contributed by atoms with Crippen molar-refractivity contribution < 1.29 is 4.74 Å². The smallest absolute Gasteiger partial charge is 0.0700 e.